The standard InChI is InChI=1S/C16H17NO7/c1-4-12(16(19)22-5-2)23-14-8-13-10(7-11(14)17(20)21)9(3)6-15(18)24-13/h6-8,12H,4-5H2,1-3H3/t12-/m0/s1. The Labute approximate surface area is 137 Å². The first kappa shape index (κ1) is 17.5. The summed E-state index contributed by atoms with van der Waals surface area (Å²) in [5, 5.41) is 11.8. The van der Waals surface area contributed by atoms with Gasteiger partial charge in [0.25, 0.3) is 0 Å². The normalized spacial score (nSPS) is 12.0. The van der Waals surface area contributed by atoms with Crippen molar-refractivity contribution < 1.29 is 23.6 Å². The van der Waals surface area contributed by atoms with E-state index in [-0.39, 0.29) is 30.0 Å². The second-order valence-corrected chi connectivity index (χ2v) is 5.09. The monoisotopic (exact) mass is 335 g/mol. The van der Waals surface area contributed by atoms with Crippen molar-refractivity contribution in [2.24, 2.45) is 0 Å². The van der Waals surface area contributed by atoms with Crippen molar-refractivity contribution in [2.75, 3.05) is 6.61 Å². The summed E-state index contributed by atoms with van der Waals surface area (Å²) in [6.45, 7) is 5.17. The number of benzene rings is 1. The van der Waals surface area contributed by atoms with E-state index in [2.05, 4.69) is 0 Å². The number of carbonyl (C=O) groups is 1. The van der Waals surface area contributed by atoms with E-state index in [9.17, 15) is 19.7 Å². The van der Waals surface area contributed by atoms with Gasteiger partial charge in [0.2, 0.25) is 5.75 Å². The predicted octanol–water partition coefficient (Wildman–Crippen LogP) is 2.73. The van der Waals surface area contributed by atoms with E-state index >= 15 is 0 Å². The zero-order chi connectivity index (χ0) is 17.9. The minimum atomic E-state index is -0.988. The molecule has 0 aliphatic rings. The van der Waals surface area contributed by atoms with Crippen molar-refractivity contribution in [1.29, 1.82) is 0 Å². The van der Waals surface area contributed by atoms with Crippen LogP contribution in [0.1, 0.15) is 25.8 Å². The summed E-state index contributed by atoms with van der Waals surface area (Å²) in [4.78, 5) is 34.0. The second-order valence-electron chi connectivity index (χ2n) is 5.09. The van der Waals surface area contributed by atoms with Crippen LogP contribution in [0.25, 0.3) is 11.0 Å². The first-order valence-corrected chi connectivity index (χ1v) is 7.43. The Morgan fingerprint density at radius 2 is 2.04 bits per heavy atom. The number of carbonyl (C=O) groups excluding carboxylic acids is 1. The summed E-state index contributed by atoms with van der Waals surface area (Å²) in [6.07, 6.45) is -0.719. The number of nitro groups is 1. The smallest absolute Gasteiger partial charge is 0.347 e. The Hall–Kier alpha value is -2.90. The van der Waals surface area contributed by atoms with E-state index < -0.39 is 22.6 Å². The zero-order valence-electron chi connectivity index (χ0n) is 13.5. The average Bonchev–Trinajstić information content (AvgIpc) is 2.51. The third-order valence-corrected chi connectivity index (χ3v) is 3.42. The van der Waals surface area contributed by atoms with Gasteiger partial charge in [0.05, 0.1) is 11.5 Å². The van der Waals surface area contributed by atoms with Crippen LogP contribution in [0.5, 0.6) is 5.75 Å². The lowest BCUT2D eigenvalue weighted by molar-refractivity contribution is -0.385. The number of hydrogen-bond donors (Lipinski definition) is 0. The number of nitrogens with zero attached hydrogens (tertiary/aromatic N) is 1. The maximum atomic E-state index is 11.8. The zero-order valence-corrected chi connectivity index (χ0v) is 13.5. The highest BCUT2D eigenvalue weighted by atomic mass is 16.6. The van der Waals surface area contributed by atoms with Crippen LogP contribution in [0.15, 0.2) is 27.4 Å². The molecule has 0 bridgehead atoms. The maximum Gasteiger partial charge on any atom is 0.347 e. The number of aryl methyl sites for hydroxylation is 1. The molecule has 0 aliphatic carbocycles. The van der Waals surface area contributed by atoms with Crippen LogP contribution < -0.4 is 10.4 Å². The Balaban J connectivity index is 2.55. The van der Waals surface area contributed by atoms with Gasteiger partial charge < -0.3 is 13.9 Å². The Morgan fingerprint density at radius 3 is 2.62 bits per heavy atom. The first-order valence-electron chi connectivity index (χ1n) is 7.43. The van der Waals surface area contributed by atoms with Crippen LogP contribution in [0.3, 0.4) is 0 Å². The fourth-order valence-electron chi connectivity index (χ4n) is 2.26. The third kappa shape index (κ3) is 3.53. The van der Waals surface area contributed by atoms with Gasteiger partial charge in [0.15, 0.2) is 6.10 Å². The van der Waals surface area contributed by atoms with Crippen LogP contribution >= 0.6 is 0 Å². The molecule has 1 heterocycles. The number of rotatable bonds is 6. The minimum Gasteiger partial charge on any atom is -0.471 e. The van der Waals surface area contributed by atoms with Crippen molar-refractivity contribution in [3.8, 4) is 5.75 Å². The summed E-state index contributed by atoms with van der Waals surface area (Å²) in [6, 6.07) is 3.77. The molecule has 1 aromatic carbocycles. The molecule has 2 rings (SSSR count). The predicted molar refractivity (Wildman–Crippen MR) is 85.2 cm³/mol. The molecule has 2 aromatic rings. The highest BCUT2D eigenvalue weighted by Gasteiger charge is 2.26. The Kier molecular flexibility index (Phi) is 5.18. The fourth-order valence-corrected chi connectivity index (χ4v) is 2.26. The summed E-state index contributed by atoms with van der Waals surface area (Å²) < 4.78 is 15.4. The first-order chi connectivity index (χ1) is 11.4. The Morgan fingerprint density at radius 1 is 1.33 bits per heavy atom. The molecule has 0 amide bonds. The summed E-state index contributed by atoms with van der Waals surface area (Å²) in [7, 11) is 0. The highest BCUT2D eigenvalue weighted by molar-refractivity contribution is 5.85. The van der Waals surface area contributed by atoms with Gasteiger partial charge in [0.1, 0.15) is 5.58 Å². The molecule has 0 spiro atoms. The molecule has 1 atom stereocenters. The molecule has 24 heavy (non-hydrogen) atoms. The topological polar surface area (TPSA) is 109 Å². The molecule has 0 saturated carbocycles. The molecule has 0 aliphatic heterocycles. The lowest BCUT2D eigenvalue weighted by Crippen LogP contribution is -2.29. The molecule has 0 saturated heterocycles. The van der Waals surface area contributed by atoms with E-state index in [0.717, 1.165) is 0 Å². The van der Waals surface area contributed by atoms with Crippen molar-refractivity contribution in [1.82, 2.24) is 0 Å². The number of esters is 1. The van der Waals surface area contributed by atoms with Gasteiger partial charge in [-0.2, -0.15) is 0 Å². The lowest BCUT2D eigenvalue weighted by atomic mass is 10.1. The number of ether oxygens (including phenoxy) is 2. The summed E-state index contributed by atoms with van der Waals surface area (Å²) in [5.41, 5.74) is -0.188. The molecular weight excluding hydrogens is 318 g/mol. The van der Waals surface area contributed by atoms with E-state index in [1.165, 1.54) is 18.2 Å². The molecule has 0 radical (unpaired) electrons. The number of nitro benzene ring substituents is 1. The lowest BCUT2D eigenvalue weighted by Gasteiger charge is -2.16. The van der Waals surface area contributed by atoms with E-state index in [0.29, 0.717) is 10.9 Å². The fraction of sp³-hybridized carbons (Fsp3) is 0.375. The van der Waals surface area contributed by atoms with Crippen molar-refractivity contribution in [3.05, 3.63) is 44.3 Å². The molecule has 8 nitrogen and oxygen atoms in total. The van der Waals surface area contributed by atoms with Crippen LogP contribution in [0.4, 0.5) is 5.69 Å². The number of hydrogen-bond acceptors (Lipinski definition) is 7. The van der Waals surface area contributed by atoms with Gasteiger partial charge in [-0.15, -0.1) is 0 Å². The van der Waals surface area contributed by atoms with Crippen LogP contribution in [0.2, 0.25) is 0 Å². The summed E-state index contributed by atoms with van der Waals surface area (Å²) in [5.74, 6) is -0.763. The van der Waals surface area contributed by atoms with E-state index in [1.54, 1.807) is 20.8 Å². The average molecular weight is 335 g/mol. The minimum absolute atomic E-state index is 0.152. The molecular formula is C16H17NO7. The van der Waals surface area contributed by atoms with Crippen molar-refractivity contribution in [3.63, 3.8) is 0 Å². The second kappa shape index (κ2) is 7.12. The quantitative estimate of drug-likeness (QED) is 0.345. The van der Waals surface area contributed by atoms with Crippen LogP contribution in [-0.4, -0.2) is 23.6 Å². The van der Waals surface area contributed by atoms with Gasteiger partial charge in [0, 0.05) is 23.6 Å². The molecule has 128 valence electrons. The number of fused-ring (bicyclic) bond motifs is 1. The van der Waals surface area contributed by atoms with E-state index in [1.807, 2.05) is 0 Å². The maximum absolute atomic E-state index is 11.8. The third-order valence-electron chi connectivity index (χ3n) is 3.42. The largest absolute Gasteiger partial charge is 0.471 e. The van der Waals surface area contributed by atoms with Gasteiger partial charge in [-0.05, 0) is 25.8 Å². The molecule has 1 aromatic heterocycles. The molecule has 8 heteroatoms. The molecule has 0 fully saturated rings. The van der Waals surface area contributed by atoms with Crippen molar-refractivity contribution in [2.45, 2.75) is 33.3 Å². The van der Waals surface area contributed by atoms with Gasteiger partial charge >= 0.3 is 17.3 Å². The van der Waals surface area contributed by atoms with Crippen molar-refractivity contribution >= 4 is 22.6 Å². The molecule has 0 unspecified atom stereocenters. The Bertz CT molecular complexity index is 840. The SMILES string of the molecule is CCOC(=O)[C@H](CC)Oc1cc2oc(=O)cc(C)c2cc1[N+](=O)[O-]. The van der Waals surface area contributed by atoms with E-state index in [4.69, 9.17) is 13.9 Å². The van der Waals surface area contributed by atoms with Gasteiger partial charge in [-0.3, -0.25) is 10.1 Å². The molecule has 0 N–H and O–H groups in total. The summed E-state index contributed by atoms with van der Waals surface area (Å²) >= 11 is 0. The van der Waals surface area contributed by atoms with Gasteiger partial charge in [-0.1, -0.05) is 6.92 Å². The highest BCUT2D eigenvalue weighted by Crippen LogP contribution is 2.34. The van der Waals surface area contributed by atoms with Crippen LogP contribution in [-0.2, 0) is 9.53 Å². The van der Waals surface area contributed by atoms with Gasteiger partial charge in [-0.25, -0.2) is 9.59 Å². The van der Waals surface area contributed by atoms with Crippen LogP contribution in [0, 0.1) is 17.0 Å².